The van der Waals surface area contributed by atoms with Gasteiger partial charge in [0.25, 0.3) is 0 Å². The molecule has 2 nitrogen and oxygen atoms in total. The molecule has 0 heterocycles. The topological polar surface area (TPSA) is 52.0 Å². The van der Waals surface area contributed by atoms with Gasteiger partial charge in [0.1, 0.15) is 0 Å². The number of aryl methyl sites for hydroxylation is 1. The molecule has 0 aliphatic heterocycles. The lowest BCUT2D eigenvalue weighted by atomic mass is 10.1. The van der Waals surface area contributed by atoms with Gasteiger partial charge in [-0.05, 0) is 30.5 Å². The molecular formula is C11H12N2. The Bertz CT molecular complexity index is 461. The maximum atomic E-state index is 5.85. The van der Waals surface area contributed by atoms with Crippen LogP contribution >= 0.6 is 0 Å². The van der Waals surface area contributed by atoms with Crippen molar-refractivity contribution in [2.45, 2.75) is 6.92 Å². The largest absolute Gasteiger partial charge is 0.399 e. The smallest absolute Gasteiger partial charge is 0.0414 e. The zero-order chi connectivity index (χ0) is 9.42. The fourth-order valence-electron chi connectivity index (χ4n) is 1.52. The van der Waals surface area contributed by atoms with Crippen molar-refractivity contribution in [2.24, 2.45) is 0 Å². The molecular weight excluding hydrogens is 160 g/mol. The van der Waals surface area contributed by atoms with Crippen LogP contribution in [-0.4, -0.2) is 0 Å². The molecule has 2 aromatic carbocycles. The van der Waals surface area contributed by atoms with Crippen molar-refractivity contribution in [3.05, 3.63) is 35.9 Å². The quantitative estimate of drug-likeness (QED) is 0.599. The summed E-state index contributed by atoms with van der Waals surface area (Å²) in [6.07, 6.45) is 0. The van der Waals surface area contributed by atoms with Gasteiger partial charge in [0.2, 0.25) is 0 Å². The lowest BCUT2D eigenvalue weighted by molar-refractivity contribution is 1.51. The summed E-state index contributed by atoms with van der Waals surface area (Å²) in [4.78, 5) is 0. The highest BCUT2D eigenvalue weighted by atomic mass is 14.6. The molecule has 0 radical (unpaired) electrons. The third kappa shape index (κ3) is 1.31. The van der Waals surface area contributed by atoms with E-state index in [-0.39, 0.29) is 0 Å². The Labute approximate surface area is 77.2 Å². The summed E-state index contributed by atoms with van der Waals surface area (Å²) in [7, 11) is 0. The molecule has 0 unspecified atom stereocenters. The third-order valence-corrected chi connectivity index (χ3v) is 2.16. The predicted octanol–water partition coefficient (Wildman–Crippen LogP) is 2.31. The molecule has 0 atom stereocenters. The van der Waals surface area contributed by atoms with Crippen LogP contribution in [0.15, 0.2) is 30.3 Å². The number of nitrogen functional groups attached to an aromatic ring is 2. The van der Waals surface area contributed by atoms with Gasteiger partial charge < -0.3 is 11.5 Å². The van der Waals surface area contributed by atoms with Gasteiger partial charge in [-0.15, -0.1) is 0 Å². The standard InChI is InChI=1S/C11H12N2/c1-7-2-3-8-5-9(12)6-11(13)10(8)4-7/h2-6H,12-13H2,1H3. The highest BCUT2D eigenvalue weighted by molar-refractivity contribution is 5.95. The molecule has 13 heavy (non-hydrogen) atoms. The molecule has 2 aromatic rings. The second-order valence-electron chi connectivity index (χ2n) is 3.33. The van der Waals surface area contributed by atoms with Crippen molar-refractivity contribution in [1.82, 2.24) is 0 Å². The number of anilines is 2. The fraction of sp³-hybridized carbons (Fsp3) is 0.0909. The number of nitrogens with two attached hydrogens (primary N) is 2. The van der Waals surface area contributed by atoms with Crippen molar-refractivity contribution in [2.75, 3.05) is 11.5 Å². The Morgan fingerprint density at radius 1 is 1.00 bits per heavy atom. The summed E-state index contributed by atoms with van der Waals surface area (Å²) in [5, 5.41) is 2.18. The van der Waals surface area contributed by atoms with E-state index in [1.54, 1.807) is 6.07 Å². The maximum Gasteiger partial charge on any atom is 0.0414 e. The highest BCUT2D eigenvalue weighted by Crippen LogP contribution is 2.25. The zero-order valence-corrected chi connectivity index (χ0v) is 7.54. The minimum atomic E-state index is 0.717. The van der Waals surface area contributed by atoms with Crippen LogP contribution in [0.2, 0.25) is 0 Å². The molecule has 0 aromatic heterocycles. The van der Waals surface area contributed by atoms with Gasteiger partial charge in [0.15, 0.2) is 0 Å². The minimum absolute atomic E-state index is 0.717. The normalized spacial score (nSPS) is 10.5. The van der Waals surface area contributed by atoms with E-state index in [2.05, 4.69) is 19.1 Å². The average molecular weight is 172 g/mol. The summed E-state index contributed by atoms with van der Waals surface area (Å²) >= 11 is 0. The van der Waals surface area contributed by atoms with E-state index >= 15 is 0 Å². The van der Waals surface area contributed by atoms with E-state index < -0.39 is 0 Å². The van der Waals surface area contributed by atoms with Crippen molar-refractivity contribution >= 4 is 22.1 Å². The zero-order valence-electron chi connectivity index (χ0n) is 7.54. The molecule has 0 fully saturated rings. The molecule has 66 valence electrons. The summed E-state index contributed by atoms with van der Waals surface area (Å²) in [5.74, 6) is 0. The van der Waals surface area contributed by atoms with Gasteiger partial charge >= 0.3 is 0 Å². The van der Waals surface area contributed by atoms with Gasteiger partial charge in [-0.1, -0.05) is 17.7 Å². The first-order valence-electron chi connectivity index (χ1n) is 4.22. The number of hydrogen-bond acceptors (Lipinski definition) is 2. The second kappa shape index (κ2) is 2.66. The number of fused-ring (bicyclic) bond motifs is 1. The third-order valence-electron chi connectivity index (χ3n) is 2.16. The van der Waals surface area contributed by atoms with Crippen LogP contribution < -0.4 is 11.5 Å². The van der Waals surface area contributed by atoms with E-state index in [1.807, 2.05) is 12.1 Å². The van der Waals surface area contributed by atoms with Crippen LogP contribution in [0.5, 0.6) is 0 Å². The first-order chi connectivity index (χ1) is 6.16. The summed E-state index contributed by atoms with van der Waals surface area (Å²) in [6, 6.07) is 9.90. The summed E-state index contributed by atoms with van der Waals surface area (Å²) < 4.78 is 0. The van der Waals surface area contributed by atoms with Crippen LogP contribution in [0.25, 0.3) is 10.8 Å². The minimum Gasteiger partial charge on any atom is -0.399 e. The van der Waals surface area contributed by atoms with Gasteiger partial charge in [-0.25, -0.2) is 0 Å². The maximum absolute atomic E-state index is 5.85. The van der Waals surface area contributed by atoms with Crippen LogP contribution in [0.3, 0.4) is 0 Å². The highest BCUT2D eigenvalue weighted by Gasteiger charge is 1.99. The fourth-order valence-corrected chi connectivity index (χ4v) is 1.52. The number of benzene rings is 2. The van der Waals surface area contributed by atoms with Crippen molar-refractivity contribution in [1.29, 1.82) is 0 Å². The van der Waals surface area contributed by atoms with E-state index in [1.165, 1.54) is 5.56 Å². The second-order valence-corrected chi connectivity index (χ2v) is 3.33. The predicted molar refractivity (Wildman–Crippen MR) is 57.5 cm³/mol. The van der Waals surface area contributed by atoms with E-state index in [9.17, 15) is 0 Å². The van der Waals surface area contributed by atoms with E-state index in [0.29, 0.717) is 5.69 Å². The SMILES string of the molecule is Cc1ccc2cc(N)cc(N)c2c1. The van der Waals surface area contributed by atoms with E-state index in [0.717, 1.165) is 16.5 Å². The van der Waals surface area contributed by atoms with Gasteiger partial charge in [-0.2, -0.15) is 0 Å². The number of hydrogen-bond donors (Lipinski definition) is 2. The van der Waals surface area contributed by atoms with Gasteiger partial charge in [-0.3, -0.25) is 0 Å². The molecule has 4 N–H and O–H groups in total. The molecule has 0 spiro atoms. The molecule has 2 heteroatoms. The first-order valence-corrected chi connectivity index (χ1v) is 4.22. The molecule has 0 saturated heterocycles. The molecule has 0 aliphatic carbocycles. The Morgan fingerprint density at radius 3 is 2.54 bits per heavy atom. The van der Waals surface area contributed by atoms with Crippen LogP contribution in [0.1, 0.15) is 5.56 Å². The summed E-state index contributed by atoms with van der Waals surface area (Å²) in [6.45, 7) is 2.05. The van der Waals surface area contributed by atoms with Gasteiger partial charge in [0.05, 0.1) is 0 Å². The average Bonchev–Trinajstić information content (AvgIpc) is 2.06. The van der Waals surface area contributed by atoms with Crippen LogP contribution in [0.4, 0.5) is 11.4 Å². The Hall–Kier alpha value is -1.70. The lowest BCUT2D eigenvalue weighted by Gasteiger charge is -2.04. The number of rotatable bonds is 0. The van der Waals surface area contributed by atoms with E-state index in [4.69, 9.17) is 11.5 Å². The molecule has 2 rings (SSSR count). The Kier molecular flexibility index (Phi) is 1.62. The summed E-state index contributed by atoms with van der Waals surface area (Å²) in [5.41, 5.74) is 14.2. The van der Waals surface area contributed by atoms with Crippen molar-refractivity contribution in [3.63, 3.8) is 0 Å². The monoisotopic (exact) mass is 172 g/mol. The lowest BCUT2D eigenvalue weighted by Crippen LogP contribution is -1.91. The Morgan fingerprint density at radius 2 is 1.77 bits per heavy atom. The van der Waals surface area contributed by atoms with Crippen molar-refractivity contribution < 1.29 is 0 Å². The molecule has 0 amide bonds. The Balaban J connectivity index is 2.87. The molecule has 0 bridgehead atoms. The first kappa shape index (κ1) is 7.92. The van der Waals surface area contributed by atoms with Crippen LogP contribution in [-0.2, 0) is 0 Å². The molecule has 0 aliphatic rings. The van der Waals surface area contributed by atoms with Crippen LogP contribution in [0, 0.1) is 6.92 Å². The molecule has 0 saturated carbocycles. The van der Waals surface area contributed by atoms with Gasteiger partial charge in [0, 0.05) is 16.8 Å². The van der Waals surface area contributed by atoms with Crippen molar-refractivity contribution in [3.8, 4) is 0 Å².